The summed E-state index contributed by atoms with van der Waals surface area (Å²) in [6.45, 7) is 7.66. The van der Waals surface area contributed by atoms with E-state index < -0.39 is 0 Å². The minimum Gasteiger partial charge on any atom is -0.487 e. The van der Waals surface area contributed by atoms with Crippen molar-refractivity contribution in [1.29, 1.82) is 0 Å². The summed E-state index contributed by atoms with van der Waals surface area (Å²) in [5, 5.41) is 4.11. The Hall–Kier alpha value is -0.770. The van der Waals surface area contributed by atoms with E-state index in [9.17, 15) is 0 Å². The van der Waals surface area contributed by atoms with Gasteiger partial charge in [0.25, 0.3) is 0 Å². The van der Waals surface area contributed by atoms with Crippen LogP contribution in [0.3, 0.4) is 0 Å². The van der Waals surface area contributed by atoms with Crippen molar-refractivity contribution >= 4 is 11.6 Å². The van der Waals surface area contributed by atoms with Crippen molar-refractivity contribution in [3.63, 3.8) is 0 Å². The Labute approximate surface area is 114 Å². The van der Waals surface area contributed by atoms with E-state index in [4.69, 9.17) is 21.1 Å². The summed E-state index contributed by atoms with van der Waals surface area (Å²) in [6, 6.07) is 7.36. The second-order valence-electron chi connectivity index (χ2n) is 5.28. The first-order chi connectivity index (χ1) is 8.40. The maximum Gasteiger partial charge on any atom is 0.134 e. The predicted octanol–water partition coefficient (Wildman–Crippen LogP) is 3.12. The lowest BCUT2D eigenvalue weighted by Crippen LogP contribution is -2.44. The smallest absolute Gasteiger partial charge is 0.134 e. The van der Waals surface area contributed by atoms with Gasteiger partial charge in [0.1, 0.15) is 11.9 Å². The number of halogens is 1. The van der Waals surface area contributed by atoms with E-state index in [-0.39, 0.29) is 11.6 Å². The van der Waals surface area contributed by atoms with Crippen molar-refractivity contribution in [3.8, 4) is 5.75 Å². The van der Waals surface area contributed by atoms with Gasteiger partial charge in [-0.1, -0.05) is 11.6 Å². The van der Waals surface area contributed by atoms with Gasteiger partial charge >= 0.3 is 0 Å². The highest BCUT2D eigenvalue weighted by Gasteiger charge is 2.15. The molecular formula is C14H22ClNO2. The van der Waals surface area contributed by atoms with Crippen molar-refractivity contribution in [2.75, 3.05) is 20.3 Å². The summed E-state index contributed by atoms with van der Waals surface area (Å²) >= 11 is 5.84. The monoisotopic (exact) mass is 271 g/mol. The van der Waals surface area contributed by atoms with Crippen molar-refractivity contribution in [2.45, 2.75) is 32.4 Å². The SMILES string of the molecule is COCC(CNC(C)(C)C)Oc1ccc(Cl)cc1. The summed E-state index contributed by atoms with van der Waals surface area (Å²) < 4.78 is 11.0. The van der Waals surface area contributed by atoms with Gasteiger partial charge in [0.05, 0.1) is 6.61 Å². The van der Waals surface area contributed by atoms with Crippen LogP contribution in [0.25, 0.3) is 0 Å². The van der Waals surface area contributed by atoms with Crippen molar-refractivity contribution in [2.24, 2.45) is 0 Å². The highest BCUT2D eigenvalue weighted by Crippen LogP contribution is 2.17. The van der Waals surface area contributed by atoms with Gasteiger partial charge in [-0.05, 0) is 45.0 Å². The maximum atomic E-state index is 5.86. The summed E-state index contributed by atoms with van der Waals surface area (Å²) in [7, 11) is 1.68. The second kappa shape index (κ2) is 6.98. The minimum absolute atomic E-state index is 0.0181. The van der Waals surface area contributed by atoms with Crippen LogP contribution in [0.5, 0.6) is 5.75 Å². The third-order valence-electron chi connectivity index (χ3n) is 2.33. The number of ether oxygens (including phenoxy) is 2. The Morgan fingerprint density at radius 2 is 1.83 bits per heavy atom. The molecule has 3 nitrogen and oxygen atoms in total. The van der Waals surface area contributed by atoms with Gasteiger partial charge in [-0.15, -0.1) is 0 Å². The number of rotatable bonds is 6. The zero-order valence-electron chi connectivity index (χ0n) is 11.5. The Bertz CT molecular complexity index is 346. The second-order valence-corrected chi connectivity index (χ2v) is 5.72. The molecule has 0 aliphatic carbocycles. The molecule has 0 fully saturated rings. The maximum absolute atomic E-state index is 5.86. The Morgan fingerprint density at radius 3 is 2.33 bits per heavy atom. The van der Waals surface area contributed by atoms with Crippen molar-refractivity contribution < 1.29 is 9.47 Å². The molecule has 0 heterocycles. The lowest BCUT2D eigenvalue weighted by atomic mass is 10.1. The summed E-state index contributed by atoms with van der Waals surface area (Å²) in [5.74, 6) is 0.803. The number of benzene rings is 1. The third kappa shape index (κ3) is 6.24. The Kier molecular flexibility index (Phi) is 5.93. The minimum atomic E-state index is -0.0181. The lowest BCUT2D eigenvalue weighted by Gasteiger charge is -2.25. The predicted molar refractivity (Wildman–Crippen MR) is 75.5 cm³/mol. The molecule has 0 saturated heterocycles. The molecule has 1 aromatic rings. The quantitative estimate of drug-likeness (QED) is 0.862. The molecule has 1 atom stereocenters. The van der Waals surface area contributed by atoms with E-state index in [1.807, 2.05) is 24.3 Å². The van der Waals surface area contributed by atoms with E-state index in [0.717, 1.165) is 12.3 Å². The fraction of sp³-hybridized carbons (Fsp3) is 0.571. The standard InChI is InChI=1S/C14H22ClNO2/c1-14(2,3)16-9-13(10-17-4)18-12-7-5-11(15)6-8-12/h5-8,13,16H,9-10H2,1-4H3. The van der Waals surface area contributed by atoms with Crippen molar-refractivity contribution in [1.82, 2.24) is 5.32 Å². The topological polar surface area (TPSA) is 30.5 Å². The summed E-state index contributed by atoms with van der Waals surface area (Å²) in [5.41, 5.74) is 0.0648. The zero-order valence-corrected chi connectivity index (χ0v) is 12.3. The molecule has 0 spiro atoms. The molecule has 18 heavy (non-hydrogen) atoms. The Morgan fingerprint density at radius 1 is 1.22 bits per heavy atom. The summed E-state index contributed by atoms with van der Waals surface area (Å²) in [4.78, 5) is 0. The van der Waals surface area contributed by atoms with Crippen LogP contribution in [0.4, 0.5) is 0 Å². The number of hydrogen-bond donors (Lipinski definition) is 1. The summed E-state index contributed by atoms with van der Waals surface area (Å²) in [6.07, 6.45) is -0.0181. The molecule has 1 unspecified atom stereocenters. The molecule has 1 aromatic carbocycles. The first-order valence-electron chi connectivity index (χ1n) is 6.07. The van der Waals surface area contributed by atoms with Crippen molar-refractivity contribution in [3.05, 3.63) is 29.3 Å². The molecule has 0 saturated carbocycles. The van der Waals surface area contributed by atoms with Crippen LogP contribution in [0.1, 0.15) is 20.8 Å². The largest absolute Gasteiger partial charge is 0.487 e. The molecular weight excluding hydrogens is 250 g/mol. The number of methoxy groups -OCH3 is 1. The van der Waals surface area contributed by atoms with E-state index in [2.05, 4.69) is 26.1 Å². The van der Waals surface area contributed by atoms with Crippen LogP contribution in [0, 0.1) is 0 Å². The average molecular weight is 272 g/mol. The highest BCUT2D eigenvalue weighted by molar-refractivity contribution is 6.30. The van der Waals surface area contributed by atoms with Crippen LogP contribution in [0.15, 0.2) is 24.3 Å². The van der Waals surface area contributed by atoms with E-state index in [1.54, 1.807) is 7.11 Å². The van der Waals surface area contributed by atoms with Gasteiger partial charge in [0.15, 0.2) is 0 Å². The molecule has 0 aliphatic rings. The van der Waals surface area contributed by atoms with Crippen LogP contribution >= 0.6 is 11.6 Å². The van der Waals surface area contributed by atoms with Gasteiger partial charge in [0.2, 0.25) is 0 Å². The van der Waals surface area contributed by atoms with Crippen LogP contribution in [-0.2, 0) is 4.74 Å². The highest BCUT2D eigenvalue weighted by atomic mass is 35.5. The third-order valence-corrected chi connectivity index (χ3v) is 2.58. The molecule has 1 N–H and O–H groups in total. The van der Waals surface area contributed by atoms with Gasteiger partial charge in [0, 0.05) is 24.2 Å². The van der Waals surface area contributed by atoms with Crippen LogP contribution < -0.4 is 10.1 Å². The number of nitrogens with one attached hydrogen (secondary N) is 1. The van der Waals surface area contributed by atoms with Gasteiger partial charge in [-0.3, -0.25) is 0 Å². The molecule has 0 aromatic heterocycles. The van der Waals surface area contributed by atoms with Gasteiger partial charge in [-0.2, -0.15) is 0 Å². The molecule has 0 bridgehead atoms. The van der Waals surface area contributed by atoms with Crippen LogP contribution in [-0.4, -0.2) is 31.9 Å². The van der Waals surface area contributed by atoms with Crippen LogP contribution in [0.2, 0.25) is 5.02 Å². The first kappa shape index (κ1) is 15.3. The normalized spacial score (nSPS) is 13.4. The van der Waals surface area contributed by atoms with Gasteiger partial charge in [-0.25, -0.2) is 0 Å². The zero-order chi connectivity index (χ0) is 13.6. The van der Waals surface area contributed by atoms with E-state index in [1.165, 1.54) is 0 Å². The lowest BCUT2D eigenvalue weighted by molar-refractivity contribution is 0.0765. The molecule has 102 valence electrons. The van der Waals surface area contributed by atoms with Gasteiger partial charge < -0.3 is 14.8 Å². The molecule has 0 aliphatic heterocycles. The van der Waals surface area contributed by atoms with E-state index >= 15 is 0 Å². The number of hydrogen-bond acceptors (Lipinski definition) is 3. The fourth-order valence-corrected chi connectivity index (χ4v) is 1.57. The van der Waals surface area contributed by atoms with E-state index in [0.29, 0.717) is 11.6 Å². The molecule has 0 amide bonds. The average Bonchev–Trinajstić information content (AvgIpc) is 2.28. The fourth-order valence-electron chi connectivity index (χ4n) is 1.45. The molecule has 0 radical (unpaired) electrons. The first-order valence-corrected chi connectivity index (χ1v) is 6.45. The Balaban J connectivity index is 2.54. The molecule has 1 rings (SSSR count). The molecule has 4 heteroatoms.